The zero-order chi connectivity index (χ0) is 13.3. The number of amides is 1. The molecule has 18 heavy (non-hydrogen) atoms. The van der Waals surface area contributed by atoms with Gasteiger partial charge in [-0.05, 0) is 31.0 Å². The highest BCUT2D eigenvalue weighted by Gasteiger charge is 2.50. The lowest BCUT2D eigenvalue weighted by Gasteiger charge is -2.11. The second-order valence-electron chi connectivity index (χ2n) is 4.43. The number of benzene rings is 1. The Balaban J connectivity index is 2.04. The van der Waals surface area contributed by atoms with Crippen LogP contribution in [0.1, 0.15) is 23.2 Å². The Morgan fingerprint density at radius 2 is 2.06 bits per heavy atom. The van der Waals surface area contributed by atoms with Crippen molar-refractivity contribution in [1.29, 1.82) is 0 Å². The molecule has 6 heteroatoms. The van der Waals surface area contributed by atoms with E-state index < -0.39 is 17.3 Å². The molecule has 1 fully saturated rings. The van der Waals surface area contributed by atoms with Crippen molar-refractivity contribution >= 4 is 27.8 Å². The number of carboxylic acids is 1. The van der Waals surface area contributed by atoms with Gasteiger partial charge in [-0.2, -0.15) is 0 Å². The molecule has 1 amide bonds. The Labute approximate surface area is 112 Å². The Morgan fingerprint density at radius 3 is 2.61 bits per heavy atom. The van der Waals surface area contributed by atoms with E-state index in [9.17, 15) is 14.7 Å². The van der Waals surface area contributed by atoms with Gasteiger partial charge in [0.1, 0.15) is 5.75 Å². The minimum absolute atomic E-state index is 0.0904. The van der Waals surface area contributed by atoms with Gasteiger partial charge in [0.05, 0.1) is 11.0 Å². The van der Waals surface area contributed by atoms with Crippen molar-refractivity contribution in [2.75, 3.05) is 6.54 Å². The summed E-state index contributed by atoms with van der Waals surface area (Å²) in [6.45, 7) is 0.0904. The number of halogens is 1. The largest absolute Gasteiger partial charge is 0.507 e. The van der Waals surface area contributed by atoms with Gasteiger partial charge in [-0.15, -0.1) is 0 Å². The smallest absolute Gasteiger partial charge is 0.311 e. The molecule has 0 bridgehead atoms. The van der Waals surface area contributed by atoms with Crippen LogP contribution in [0, 0.1) is 5.41 Å². The minimum atomic E-state index is -0.888. The summed E-state index contributed by atoms with van der Waals surface area (Å²) in [4.78, 5) is 22.8. The van der Waals surface area contributed by atoms with Crippen LogP contribution >= 0.6 is 15.9 Å². The average molecular weight is 314 g/mol. The maximum atomic E-state index is 11.8. The van der Waals surface area contributed by atoms with Crippen molar-refractivity contribution in [2.45, 2.75) is 12.8 Å². The van der Waals surface area contributed by atoms with Gasteiger partial charge in [-0.1, -0.05) is 15.9 Å². The number of aromatic hydroxyl groups is 1. The highest BCUT2D eigenvalue weighted by Crippen LogP contribution is 2.45. The van der Waals surface area contributed by atoms with Crippen LogP contribution in [0.3, 0.4) is 0 Å². The predicted octanol–water partition coefficient (Wildman–Crippen LogP) is 1.75. The molecule has 0 saturated heterocycles. The van der Waals surface area contributed by atoms with E-state index in [2.05, 4.69) is 21.2 Å². The van der Waals surface area contributed by atoms with Crippen LogP contribution < -0.4 is 5.32 Å². The zero-order valence-electron chi connectivity index (χ0n) is 9.44. The Hall–Kier alpha value is -1.56. The molecule has 96 valence electrons. The number of carbonyl (C=O) groups is 2. The summed E-state index contributed by atoms with van der Waals surface area (Å²) in [5.41, 5.74) is -0.678. The SMILES string of the molecule is O=C(NCC1(C(=O)O)CC1)c1cc(Br)ccc1O. The lowest BCUT2D eigenvalue weighted by atomic mass is 10.1. The van der Waals surface area contributed by atoms with Gasteiger partial charge in [0.15, 0.2) is 0 Å². The predicted molar refractivity (Wildman–Crippen MR) is 67.4 cm³/mol. The third-order valence-corrected chi connectivity index (χ3v) is 3.59. The molecule has 0 unspecified atom stereocenters. The van der Waals surface area contributed by atoms with Crippen molar-refractivity contribution in [3.05, 3.63) is 28.2 Å². The summed E-state index contributed by atoms with van der Waals surface area (Å²) in [6, 6.07) is 4.51. The van der Waals surface area contributed by atoms with E-state index in [4.69, 9.17) is 5.11 Å². The van der Waals surface area contributed by atoms with Crippen LogP contribution in [-0.4, -0.2) is 28.6 Å². The Morgan fingerprint density at radius 1 is 1.39 bits per heavy atom. The molecule has 1 aliphatic carbocycles. The van der Waals surface area contributed by atoms with Crippen molar-refractivity contribution in [1.82, 2.24) is 5.32 Å². The van der Waals surface area contributed by atoms with E-state index in [0.29, 0.717) is 17.3 Å². The summed E-state index contributed by atoms with van der Waals surface area (Å²) < 4.78 is 0.671. The van der Waals surface area contributed by atoms with Gasteiger partial charge < -0.3 is 15.5 Å². The summed E-state index contributed by atoms with van der Waals surface area (Å²) in [5.74, 6) is -1.49. The maximum Gasteiger partial charge on any atom is 0.311 e. The summed E-state index contributed by atoms with van der Waals surface area (Å²) in [5, 5.41) is 21.1. The summed E-state index contributed by atoms with van der Waals surface area (Å²) in [6.07, 6.45) is 1.15. The number of nitrogens with one attached hydrogen (secondary N) is 1. The number of phenolic OH excluding ortho intramolecular Hbond substituents is 1. The normalized spacial score (nSPS) is 16.1. The van der Waals surface area contributed by atoms with Gasteiger partial charge in [-0.25, -0.2) is 0 Å². The quantitative estimate of drug-likeness (QED) is 0.790. The summed E-state index contributed by atoms with van der Waals surface area (Å²) in [7, 11) is 0. The molecular weight excluding hydrogens is 302 g/mol. The third kappa shape index (κ3) is 2.48. The zero-order valence-corrected chi connectivity index (χ0v) is 11.0. The maximum absolute atomic E-state index is 11.8. The molecule has 1 aromatic carbocycles. The average Bonchev–Trinajstić information content (AvgIpc) is 3.10. The summed E-state index contributed by atoms with van der Waals surface area (Å²) >= 11 is 3.21. The van der Waals surface area contributed by atoms with Gasteiger partial charge in [0, 0.05) is 11.0 Å². The van der Waals surface area contributed by atoms with E-state index in [0.717, 1.165) is 0 Å². The number of hydrogen-bond acceptors (Lipinski definition) is 3. The molecule has 2 rings (SSSR count). The van der Waals surface area contributed by atoms with Gasteiger partial charge >= 0.3 is 5.97 Å². The third-order valence-electron chi connectivity index (χ3n) is 3.10. The topological polar surface area (TPSA) is 86.6 Å². The molecule has 0 atom stereocenters. The van der Waals surface area contributed by atoms with Crippen molar-refractivity contribution in [2.24, 2.45) is 5.41 Å². The molecule has 0 radical (unpaired) electrons. The molecule has 0 aromatic heterocycles. The number of rotatable bonds is 4. The van der Waals surface area contributed by atoms with E-state index in [-0.39, 0.29) is 17.9 Å². The first-order valence-electron chi connectivity index (χ1n) is 5.45. The Bertz CT molecular complexity index is 511. The molecular formula is C12H12BrNO4. The number of hydrogen-bond donors (Lipinski definition) is 3. The number of carbonyl (C=O) groups excluding carboxylic acids is 1. The van der Waals surface area contributed by atoms with Crippen LogP contribution in [0.15, 0.2) is 22.7 Å². The van der Waals surface area contributed by atoms with Gasteiger partial charge in [-0.3, -0.25) is 9.59 Å². The van der Waals surface area contributed by atoms with Crippen molar-refractivity contribution < 1.29 is 19.8 Å². The van der Waals surface area contributed by atoms with Crippen LogP contribution in [0.25, 0.3) is 0 Å². The van der Waals surface area contributed by atoms with Crippen LogP contribution in [0.2, 0.25) is 0 Å². The monoisotopic (exact) mass is 313 g/mol. The van der Waals surface area contributed by atoms with Gasteiger partial charge in [0.25, 0.3) is 5.91 Å². The van der Waals surface area contributed by atoms with E-state index >= 15 is 0 Å². The number of aliphatic carboxylic acids is 1. The van der Waals surface area contributed by atoms with E-state index in [1.807, 2.05) is 0 Å². The number of phenols is 1. The first-order valence-corrected chi connectivity index (χ1v) is 6.24. The number of carboxylic acid groups (broad SMARTS) is 1. The molecule has 5 nitrogen and oxygen atoms in total. The molecule has 0 heterocycles. The molecule has 1 saturated carbocycles. The lowest BCUT2D eigenvalue weighted by molar-refractivity contribution is -0.143. The fourth-order valence-electron chi connectivity index (χ4n) is 1.65. The van der Waals surface area contributed by atoms with Crippen molar-refractivity contribution in [3.8, 4) is 5.75 Å². The second-order valence-corrected chi connectivity index (χ2v) is 5.35. The molecule has 3 N–H and O–H groups in total. The second kappa shape index (κ2) is 4.61. The highest BCUT2D eigenvalue weighted by molar-refractivity contribution is 9.10. The first kappa shape index (κ1) is 12.9. The van der Waals surface area contributed by atoms with Crippen LogP contribution in [0.5, 0.6) is 5.75 Å². The fraction of sp³-hybridized carbons (Fsp3) is 0.333. The van der Waals surface area contributed by atoms with Crippen LogP contribution in [0.4, 0.5) is 0 Å². The lowest BCUT2D eigenvalue weighted by Crippen LogP contribution is -2.34. The van der Waals surface area contributed by atoms with E-state index in [1.165, 1.54) is 12.1 Å². The Kier molecular flexibility index (Phi) is 3.30. The van der Waals surface area contributed by atoms with Crippen molar-refractivity contribution in [3.63, 3.8) is 0 Å². The molecule has 1 aromatic rings. The van der Waals surface area contributed by atoms with Gasteiger partial charge in [0.2, 0.25) is 0 Å². The minimum Gasteiger partial charge on any atom is -0.507 e. The molecule has 0 spiro atoms. The molecule has 0 aliphatic heterocycles. The van der Waals surface area contributed by atoms with E-state index in [1.54, 1.807) is 6.07 Å². The standard InChI is InChI=1S/C12H12BrNO4/c13-7-1-2-9(15)8(5-7)10(16)14-6-12(3-4-12)11(17)18/h1-2,5,15H,3-4,6H2,(H,14,16)(H,17,18). The van der Waals surface area contributed by atoms with Crippen LogP contribution in [-0.2, 0) is 4.79 Å². The first-order chi connectivity index (χ1) is 8.44. The fourth-order valence-corrected chi connectivity index (χ4v) is 2.01. The highest BCUT2D eigenvalue weighted by atomic mass is 79.9. The molecule has 1 aliphatic rings.